The largest absolute Gasteiger partial charge is 0.374 e. The van der Waals surface area contributed by atoms with E-state index in [1.54, 1.807) is 11.0 Å². The van der Waals surface area contributed by atoms with Gasteiger partial charge in [0.2, 0.25) is 0 Å². The first-order valence-corrected chi connectivity index (χ1v) is 6.32. The van der Waals surface area contributed by atoms with Crippen molar-refractivity contribution in [1.82, 2.24) is 4.90 Å². The molecule has 2 aliphatic rings. The van der Waals surface area contributed by atoms with Gasteiger partial charge in [-0.15, -0.1) is 0 Å². The topological polar surface area (TPSA) is 29.5 Å². The first-order chi connectivity index (χ1) is 8.15. The highest BCUT2D eigenvalue weighted by molar-refractivity contribution is 9.10. The van der Waals surface area contributed by atoms with Crippen molar-refractivity contribution in [3.05, 3.63) is 34.1 Å². The molecule has 0 unspecified atom stereocenters. The van der Waals surface area contributed by atoms with Crippen LogP contribution >= 0.6 is 15.9 Å². The van der Waals surface area contributed by atoms with E-state index >= 15 is 0 Å². The third kappa shape index (κ3) is 1.87. The number of likely N-dealkylation sites (tertiary alicyclic amines) is 1. The number of hydrogen-bond donors (Lipinski definition) is 0. The fourth-order valence-electron chi connectivity index (χ4n) is 2.46. The number of nitrogens with zero attached hydrogens (tertiary/aromatic N) is 1. The maximum Gasteiger partial charge on any atom is 0.257 e. The second-order valence-corrected chi connectivity index (χ2v) is 5.34. The third-order valence-electron chi connectivity index (χ3n) is 3.32. The van der Waals surface area contributed by atoms with Crippen molar-refractivity contribution in [2.45, 2.75) is 18.6 Å². The molecule has 0 aliphatic carbocycles. The van der Waals surface area contributed by atoms with Gasteiger partial charge < -0.3 is 9.64 Å². The number of fused-ring (bicyclic) bond motifs is 2. The summed E-state index contributed by atoms with van der Waals surface area (Å²) in [6.07, 6.45) is 1.01. The van der Waals surface area contributed by atoms with Crippen LogP contribution in [0.4, 0.5) is 4.39 Å². The van der Waals surface area contributed by atoms with Gasteiger partial charge in [-0.2, -0.15) is 0 Å². The lowest BCUT2D eigenvalue weighted by Crippen LogP contribution is -2.41. The second kappa shape index (κ2) is 4.07. The highest BCUT2D eigenvalue weighted by Crippen LogP contribution is 2.30. The molecule has 2 aliphatic heterocycles. The van der Waals surface area contributed by atoms with E-state index < -0.39 is 5.82 Å². The SMILES string of the molecule is O=C(c1cc(Br)ccc1F)N1C[C@H]2C[C@@H]1CO2. The van der Waals surface area contributed by atoms with Crippen LogP contribution in [0.1, 0.15) is 16.8 Å². The molecule has 5 heteroatoms. The molecule has 1 aromatic rings. The molecule has 2 bridgehead atoms. The smallest absolute Gasteiger partial charge is 0.257 e. The lowest BCUT2D eigenvalue weighted by Gasteiger charge is -2.27. The summed E-state index contributed by atoms with van der Waals surface area (Å²) in [5, 5.41) is 0. The maximum atomic E-state index is 13.6. The average Bonchev–Trinajstić information content (AvgIpc) is 2.93. The van der Waals surface area contributed by atoms with Crippen molar-refractivity contribution in [2.75, 3.05) is 13.2 Å². The molecule has 90 valence electrons. The van der Waals surface area contributed by atoms with E-state index in [0.29, 0.717) is 17.6 Å². The van der Waals surface area contributed by atoms with E-state index in [1.165, 1.54) is 12.1 Å². The molecule has 0 spiro atoms. The molecule has 0 saturated carbocycles. The molecule has 17 heavy (non-hydrogen) atoms. The average molecular weight is 300 g/mol. The Balaban J connectivity index is 1.89. The van der Waals surface area contributed by atoms with Crippen molar-refractivity contribution in [3.63, 3.8) is 0 Å². The lowest BCUT2D eigenvalue weighted by molar-refractivity contribution is 0.0256. The quantitative estimate of drug-likeness (QED) is 0.796. The molecule has 2 fully saturated rings. The molecule has 1 aromatic carbocycles. The zero-order valence-electron chi connectivity index (χ0n) is 9.03. The molecule has 2 heterocycles. The lowest BCUT2D eigenvalue weighted by atomic mass is 10.1. The number of carbonyl (C=O) groups excluding carboxylic acids is 1. The van der Waals surface area contributed by atoms with E-state index in [1.807, 2.05) is 0 Å². The number of benzene rings is 1. The number of morpholine rings is 1. The van der Waals surface area contributed by atoms with Crippen LogP contribution in [0.5, 0.6) is 0 Å². The summed E-state index contributed by atoms with van der Waals surface area (Å²) in [5.74, 6) is -0.707. The molecular formula is C12H11BrFNO2. The zero-order valence-corrected chi connectivity index (χ0v) is 10.6. The van der Waals surface area contributed by atoms with Gasteiger partial charge in [-0.1, -0.05) is 15.9 Å². The van der Waals surface area contributed by atoms with Gasteiger partial charge in [-0.3, -0.25) is 4.79 Å². The summed E-state index contributed by atoms with van der Waals surface area (Å²) in [6.45, 7) is 1.15. The van der Waals surface area contributed by atoms with Crippen LogP contribution in [0, 0.1) is 5.82 Å². The summed E-state index contributed by atoms with van der Waals surface area (Å²) in [6, 6.07) is 4.55. The van der Waals surface area contributed by atoms with Gasteiger partial charge in [0.25, 0.3) is 5.91 Å². The zero-order chi connectivity index (χ0) is 12.0. The van der Waals surface area contributed by atoms with E-state index in [-0.39, 0.29) is 23.6 Å². The molecular weight excluding hydrogens is 289 g/mol. The van der Waals surface area contributed by atoms with Gasteiger partial charge in [0, 0.05) is 11.0 Å². The molecule has 3 rings (SSSR count). The number of halogens is 2. The Bertz CT molecular complexity index is 480. The Kier molecular flexibility index (Phi) is 2.67. The van der Waals surface area contributed by atoms with Crippen LogP contribution < -0.4 is 0 Å². The minimum atomic E-state index is -0.470. The Hall–Kier alpha value is -0.940. The third-order valence-corrected chi connectivity index (χ3v) is 3.81. The van der Waals surface area contributed by atoms with Crippen LogP contribution in [-0.4, -0.2) is 36.1 Å². The monoisotopic (exact) mass is 299 g/mol. The summed E-state index contributed by atoms with van der Waals surface area (Å²) < 4.78 is 19.8. The molecule has 0 N–H and O–H groups in total. The predicted octanol–water partition coefficient (Wildman–Crippen LogP) is 2.20. The van der Waals surface area contributed by atoms with E-state index in [0.717, 1.165) is 6.42 Å². The number of carbonyl (C=O) groups is 1. The van der Waals surface area contributed by atoms with Gasteiger partial charge in [-0.25, -0.2) is 4.39 Å². The second-order valence-electron chi connectivity index (χ2n) is 4.43. The van der Waals surface area contributed by atoms with Crippen LogP contribution in [0.3, 0.4) is 0 Å². The predicted molar refractivity (Wildman–Crippen MR) is 63.3 cm³/mol. The van der Waals surface area contributed by atoms with Crippen LogP contribution in [-0.2, 0) is 4.74 Å². The van der Waals surface area contributed by atoms with Crippen molar-refractivity contribution in [1.29, 1.82) is 0 Å². The summed E-state index contributed by atoms with van der Waals surface area (Å²) in [5.41, 5.74) is 0.131. The van der Waals surface area contributed by atoms with Gasteiger partial charge in [-0.05, 0) is 24.6 Å². The molecule has 3 nitrogen and oxygen atoms in total. The standard InChI is InChI=1S/C12H11BrFNO2/c13-7-1-2-11(14)10(3-7)12(16)15-5-9-4-8(15)6-17-9/h1-3,8-9H,4-6H2/t8-,9-/m1/s1. The minimum absolute atomic E-state index is 0.117. The van der Waals surface area contributed by atoms with Gasteiger partial charge in [0.15, 0.2) is 0 Å². The highest BCUT2D eigenvalue weighted by atomic mass is 79.9. The molecule has 2 saturated heterocycles. The highest BCUT2D eigenvalue weighted by Gasteiger charge is 2.42. The Morgan fingerprint density at radius 3 is 3.00 bits per heavy atom. The van der Waals surface area contributed by atoms with Crippen LogP contribution in [0.25, 0.3) is 0 Å². The van der Waals surface area contributed by atoms with E-state index in [2.05, 4.69) is 15.9 Å². The maximum absolute atomic E-state index is 13.6. The Labute approximate surface area is 107 Å². The fourth-order valence-corrected chi connectivity index (χ4v) is 2.83. The summed E-state index contributed by atoms with van der Waals surface area (Å²) in [7, 11) is 0. The molecule has 0 radical (unpaired) electrons. The Morgan fingerprint density at radius 2 is 2.35 bits per heavy atom. The minimum Gasteiger partial charge on any atom is -0.374 e. The van der Waals surface area contributed by atoms with Gasteiger partial charge >= 0.3 is 0 Å². The first kappa shape index (κ1) is 11.2. The molecule has 0 aromatic heterocycles. The van der Waals surface area contributed by atoms with Crippen molar-refractivity contribution in [2.24, 2.45) is 0 Å². The van der Waals surface area contributed by atoms with E-state index in [4.69, 9.17) is 4.74 Å². The number of amides is 1. The van der Waals surface area contributed by atoms with Gasteiger partial charge in [0.05, 0.1) is 24.3 Å². The van der Waals surface area contributed by atoms with Crippen molar-refractivity contribution < 1.29 is 13.9 Å². The molecule has 1 amide bonds. The number of hydrogen-bond acceptors (Lipinski definition) is 2. The van der Waals surface area contributed by atoms with Crippen molar-refractivity contribution >= 4 is 21.8 Å². The van der Waals surface area contributed by atoms with Crippen LogP contribution in [0.15, 0.2) is 22.7 Å². The van der Waals surface area contributed by atoms with Crippen LogP contribution in [0.2, 0.25) is 0 Å². The Morgan fingerprint density at radius 1 is 1.53 bits per heavy atom. The van der Waals surface area contributed by atoms with Gasteiger partial charge in [0.1, 0.15) is 5.82 Å². The van der Waals surface area contributed by atoms with E-state index in [9.17, 15) is 9.18 Å². The number of ether oxygens (including phenoxy) is 1. The summed E-state index contributed by atoms with van der Waals surface area (Å²) in [4.78, 5) is 13.9. The fraction of sp³-hybridized carbons (Fsp3) is 0.417. The molecule has 2 atom stereocenters. The van der Waals surface area contributed by atoms with Crippen molar-refractivity contribution in [3.8, 4) is 0 Å². The first-order valence-electron chi connectivity index (χ1n) is 5.53. The normalized spacial score (nSPS) is 26.6. The number of rotatable bonds is 1. The summed E-state index contributed by atoms with van der Waals surface area (Å²) >= 11 is 3.25.